The Morgan fingerprint density at radius 2 is 1.95 bits per heavy atom. The Balaban J connectivity index is 2.13. The number of halogens is 3. The molecular weight excluding hydrogens is 293 g/mol. The predicted molar refractivity (Wildman–Crippen MR) is 72.2 cm³/mol. The van der Waals surface area contributed by atoms with Crippen LogP contribution in [0.1, 0.15) is 5.69 Å². The third-order valence-electron chi connectivity index (χ3n) is 2.24. The molecule has 2 nitrogen and oxygen atoms in total. The SMILES string of the molecule is CNCc1csc(-c2ccc(SC(F)(F)F)cc2)n1. The van der Waals surface area contributed by atoms with E-state index in [0.717, 1.165) is 16.3 Å². The normalized spacial score (nSPS) is 11.8. The molecule has 7 heteroatoms. The number of benzene rings is 1. The molecule has 0 saturated carbocycles. The molecule has 0 aliphatic rings. The maximum Gasteiger partial charge on any atom is 0.446 e. The quantitative estimate of drug-likeness (QED) is 0.859. The van der Waals surface area contributed by atoms with E-state index in [0.29, 0.717) is 6.54 Å². The highest BCUT2D eigenvalue weighted by molar-refractivity contribution is 8.00. The summed E-state index contributed by atoms with van der Waals surface area (Å²) in [5.74, 6) is 0. The topological polar surface area (TPSA) is 24.9 Å². The van der Waals surface area contributed by atoms with Gasteiger partial charge in [-0.3, -0.25) is 0 Å². The third-order valence-corrected chi connectivity index (χ3v) is 3.92. The van der Waals surface area contributed by atoms with Gasteiger partial charge in [-0.25, -0.2) is 4.98 Å². The van der Waals surface area contributed by atoms with Crippen LogP contribution in [0.3, 0.4) is 0 Å². The highest BCUT2D eigenvalue weighted by atomic mass is 32.2. The highest BCUT2D eigenvalue weighted by Gasteiger charge is 2.29. The van der Waals surface area contributed by atoms with Crippen LogP contribution in [0.2, 0.25) is 0 Å². The van der Waals surface area contributed by atoms with Crippen molar-refractivity contribution in [1.82, 2.24) is 10.3 Å². The van der Waals surface area contributed by atoms with Crippen LogP contribution in [0.5, 0.6) is 0 Å². The van der Waals surface area contributed by atoms with E-state index < -0.39 is 5.51 Å². The van der Waals surface area contributed by atoms with Gasteiger partial charge in [-0.1, -0.05) is 12.1 Å². The van der Waals surface area contributed by atoms with Gasteiger partial charge in [0, 0.05) is 22.4 Å². The number of thioether (sulfide) groups is 1. The summed E-state index contributed by atoms with van der Waals surface area (Å²) in [7, 11) is 1.84. The van der Waals surface area contributed by atoms with Crippen LogP contribution in [-0.4, -0.2) is 17.5 Å². The Bertz CT molecular complexity index is 535. The maximum atomic E-state index is 12.2. The molecule has 1 aromatic heterocycles. The van der Waals surface area contributed by atoms with E-state index in [9.17, 15) is 13.2 Å². The number of hydrogen-bond donors (Lipinski definition) is 1. The Labute approximate surface area is 117 Å². The molecule has 19 heavy (non-hydrogen) atoms. The molecule has 102 valence electrons. The molecule has 1 aromatic carbocycles. The summed E-state index contributed by atoms with van der Waals surface area (Å²) in [4.78, 5) is 4.59. The van der Waals surface area contributed by atoms with E-state index in [1.54, 1.807) is 12.1 Å². The van der Waals surface area contributed by atoms with Crippen LogP contribution in [0.15, 0.2) is 34.5 Å². The average Bonchev–Trinajstić information content (AvgIpc) is 2.77. The minimum Gasteiger partial charge on any atom is -0.314 e. The van der Waals surface area contributed by atoms with Crippen molar-refractivity contribution in [3.8, 4) is 10.6 Å². The summed E-state index contributed by atoms with van der Waals surface area (Å²) in [5.41, 5.74) is -2.49. The number of nitrogens with one attached hydrogen (secondary N) is 1. The van der Waals surface area contributed by atoms with Crippen molar-refractivity contribution < 1.29 is 13.2 Å². The van der Waals surface area contributed by atoms with E-state index in [1.165, 1.54) is 23.5 Å². The lowest BCUT2D eigenvalue weighted by Crippen LogP contribution is -2.04. The van der Waals surface area contributed by atoms with Gasteiger partial charge in [-0.05, 0) is 30.9 Å². The van der Waals surface area contributed by atoms with Gasteiger partial charge in [-0.2, -0.15) is 13.2 Å². The summed E-state index contributed by atoms with van der Waals surface area (Å²) in [5, 5.41) is 5.75. The lowest BCUT2D eigenvalue weighted by molar-refractivity contribution is -0.0328. The van der Waals surface area contributed by atoms with Gasteiger partial charge < -0.3 is 5.32 Å². The number of nitrogens with zero attached hydrogens (tertiary/aromatic N) is 1. The minimum absolute atomic E-state index is 0.109. The van der Waals surface area contributed by atoms with Gasteiger partial charge in [0.15, 0.2) is 0 Å². The van der Waals surface area contributed by atoms with Crippen LogP contribution in [0, 0.1) is 0 Å². The van der Waals surface area contributed by atoms with Crippen LogP contribution >= 0.6 is 23.1 Å². The van der Waals surface area contributed by atoms with E-state index in [-0.39, 0.29) is 16.7 Å². The zero-order valence-electron chi connectivity index (χ0n) is 9.99. The lowest BCUT2D eigenvalue weighted by Gasteiger charge is -2.05. The monoisotopic (exact) mass is 304 g/mol. The number of thiazole rings is 1. The first-order valence-corrected chi connectivity index (χ1v) is 7.13. The number of hydrogen-bond acceptors (Lipinski definition) is 4. The molecule has 2 aromatic rings. The molecular formula is C12H11F3N2S2. The van der Waals surface area contributed by atoms with Crippen molar-refractivity contribution in [2.75, 3.05) is 7.05 Å². The second kappa shape index (κ2) is 5.94. The number of rotatable bonds is 4. The third kappa shape index (κ3) is 4.22. The molecule has 0 amide bonds. The lowest BCUT2D eigenvalue weighted by atomic mass is 10.2. The van der Waals surface area contributed by atoms with Crippen molar-refractivity contribution in [3.63, 3.8) is 0 Å². The Hall–Kier alpha value is -1.05. The number of aromatic nitrogens is 1. The Kier molecular flexibility index (Phi) is 4.49. The largest absolute Gasteiger partial charge is 0.446 e. The second-order valence-corrected chi connectivity index (χ2v) is 5.74. The van der Waals surface area contributed by atoms with Crippen molar-refractivity contribution in [2.24, 2.45) is 0 Å². The fraction of sp³-hybridized carbons (Fsp3) is 0.250. The van der Waals surface area contributed by atoms with Gasteiger partial charge in [0.1, 0.15) is 5.01 Å². The Morgan fingerprint density at radius 3 is 2.53 bits per heavy atom. The highest BCUT2D eigenvalue weighted by Crippen LogP contribution is 2.37. The van der Waals surface area contributed by atoms with Gasteiger partial charge in [0.25, 0.3) is 0 Å². The molecule has 0 radical (unpaired) electrons. The van der Waals surface area contributed by atoms with Crippen LogP contribution in [0.4, 0.5) is 13.2 Å². The van der Waals surface area contributed by atoms with Gasteiger partial charge in [-0.15, -0.1) is 11.3 Å². The number of alkyl halides is 3. The van der Waals surface area contributed by atoms with E-state index in [1.807, 2.05) is 12.4 Å². The summed E-state index contributed by atoms with van der Waals surface area (Å²) in [6.07, 6.45) is 0. The summed E-state index contributed by atoms with van der Waals surface area (Å²) >= 11 is 1.37. The molecule has 0 unspecified atom stereocenters. The molecule has 0 fully saturated rings. The van der Waals surface area contributed by atoms with Crippen LogP contribution in [-0.2, 0) is 6.54 Å². The Morgan fingerprint density at radius 1 is 1.26 bits per heavy atom. The molecule has 0 spiro atoms. The van der Waals surface area contributed by atoms with E-state index in [4.69, 9.17) is 0 Å². The zero-order valence-corrected chi connectivity index (χ0v) is 11.6. The first-order valence-electron chi connectivity index (χ1n) is 5.43. The first kappa shape index (κ1) is 14.4. The minimum atomic E-state index is -4.25. The van der Waals surface area contributed by atoms with E-state index >= 15 is 0 Å². The standard InChI is InChI=1S/C12H11F3N2S2/c1-16-6-9-7-18-11(17-9)8-2-4-10(5-3-8)19-12(13,14)15/h2-5,7,16H,6H2,1H3. The van der Waals surface area contributed by atoms with Crippen molar-refractivity contribution in [1.29, 1.82) is 0 Å². The fourth-order valence-electron chi connectivity index (χ4n) is 1.50. The molecule has 0 saturated heterocycles. The summed E-state index contributed by atoms with van der Waals surface area (Å²) in [6, 6.07) is 6.26. The molecule has 1 N–H and O–H groups in total. The summed E-state index contributed by atoms with van der Waals surface area (Å²) < 4.78 is 36.6. The van der Waals surface area contributed by atoms with Crippen molar-refractivity contribution in [3.05, 3.63) is 35.3 Å². The van der Waals surface area contributed by atoms with Crippen LogP contribution < -0.4 is 5.32 Å². The van der Waals surface area contributed by atoms with Gasteiger partial charge in [0.2, 0.25) is 0 Å². The molecule has 0 aliphatic heterocycles. The molecule has 0 aliphatic carbocycles. The van der Waals surface area contributed by atoms with Gasteiger partial charge in [0.05, 0.1) is 5.69 Å². The van der Waals surface area contributed by atoms with E-state index in [2.05, 4.69) is 10.3 Å². The fourth-order valence-corrected chi connectivity index (χ4v) is 2.87. The molecule has 0 bridgehead atoms. The average molecular weight is 304 g/mol. The first-order chi connectivity index (χ1) is 8.98. The molecule has 1 heterocycles. The van der Waals surface area contributed by atoms with Gasteiger partial charge >= 0.3 is 5.51 Å². The van der Waals surface area contributed by atoms with Crippen molar-refractivity contribution in [2.45, 2.75) is 16.9 Å². The smallest absolute Gasteiger partial charge is 0.314 e. The molecule has 0 atom stereocenters. The van der Waals surface area contributed by atoms with Crippen LogP contribution in [0.25, 0.3) is 10.6 Å². The zero-order chi connectivity index (χ0) is 13.9. The second-order valence-electron chi connectivity index (χ2n) is 3.75. The molecule has 2 rings (SSSR count). The predicted octanol–water partition coefficient (Wildman–Crippen LogP) is 4.14. The maximum absolute atomic E-state index is 12.2. The summed E-state index contributed by atoms with van der Waals surface area (Å²) in [6.45, 7) is 0.679. The van der Waals surface area contributed by atoms with Crippen molar-refractivity contribution >= 4 is 23.1 Å².